The van der Waals surface area contributed by atoms with E-state index in [2.05, 4.69) is 12.1 Å². The molecule has 1 atom stereocenters. The number of carbonyl (C=O) groups excluding carboxylic acids is 1. The lowest BCUT2D eigenvalue weighted by molar-refractivity contribution is -0.149. The third-order valence-electron chi connectivity index (χ3n) is 5.65. The van der Waals surface area contributed by atoms with E-state index in [0.29, 0.717) is 6.61 Å². The van der Waals surface area contributed by atoms with Crippen LogP contribution in [0.3, 0.4) is 0 Å². The highest BCUT2D eigenvalue weighted by molar-refractivity contribution is 5.85. The Hall–Kier alpha value is -2.86. The molecule has 27 heavy (non-hydrogen) atoms. The van der Waals surface area contributed by atoms with Gasteiger partial charge in [-0.1, -0.05) is 48.5 Å². The van der Waals surface area contributed by atoms with Crippen molar-refractivity contribution in [2.24, 2.45) is 0 Å². The first-order valence-corrected chi connectivity index (χ1v) is 8.94. The highest BCUT2D eigenvalue weighted by Gasteiger charge is 2.49. The van der Waals surface area contributed by atoms with E-state index in [9.17, 15) is 14.7 Å². The maximum atomic E-state index is 12.6. The van der Waals surface area contributed by atoms with E-state index in [-0.39, 0.29) is 25.6 Å². The number of rotatable bonds is 4. The Labute approximate surface area is 157 Å². The number of aliphatic carboxylic acids is 1. The van der Waals surface area contributed by atoms with Crippen molar-refractivity contribution in [3.8, 4) is 11.1 Å². The van der Waals surface area contributed by atoms with Gasteiger partial charge in [-0.05, 0) is 22.3 Å². The average Bonchev–Trinajstić information content (AvgIpc) is 3.30. The number of benzene rings is 2. The second-order valence-corrected chi connectivity index (χ2v) is 7.00. The predicted octanol–water partition coefficient (Wildman–Crippen LogP) is 3.11. The van der Waals surface area contributed by atoms with Crippen molar-refractivity contribution in [1.82, 2.24) is 4.90 Å². The zero-order chi connectivity index (χ0) is 19.0. The fourth-order valence-electron chi connectivity index (χ4n) is 4.00. The molecule has 0 radical (unpaired) electrons. The van der Waals surface area contributed by atoms with Gasteiger partial charge in [-0.15, -0.1) is 0 Å². The third kappa shape index (κ3) is 2.77. The summed E-state index contributed by atoms with van der Waals surface area (Å²) in [5, 5.41) is 9.59. The van der Waals surface area contributed by atoms with Crippen LogP contribution in [-0.2, 0) is 14.3 Å². The summed E-state index contributed by atoms with van der Waals surface area (Å²) in [4.78, 5) is 25.5. The molecule has 1 unspecified atom stereocenters. The zero-order valence-corrected chi connectivity index (χ0v) is 15.1. The lowest BCUT2D eigenvalue weighted by atomic mass is 9.97. The molecule has 0 aromatic heterocycles. The highest BCUT2D eigenvalue weighted by atomic mass is 16.6. The Kier molecular flexibility index (Phi) is 4.36. The summed E-state index contributed by atoms with van der Waals surface area (Å²) in [5.74, 6) is -1.13. The molecule has 1 aliphatic heterocycles. The van der Waals surface area contributed by atoms with Crippen LogP contribution in [0.2, 0.25) is 0 Å². The Balaban J connectivity index is 1.54. The number of amides is 1. The van der Waals surface area contributed by atoms with E-state index >= 15 is 0 Å². The van der Waals surface area contributed by atoms with Crippen molar-refractivity contribution in [3.63, 3.8) is 0 Å². The minimum absolute atomic E-state index is 0.0248. The Morgan fingerprint density at radius 2 is 1.74 bits per heavy atom. The lowest BCUT2D eigenvalue weighted by Crippen LogP contribution is -2.56. The van der Waals surface area contributed by atoms with Gasteiger partial charge in [0.25, 0.3) is 0 Å². The summed E-state index contributed by atoms with van der Waals surface area (Å²) in [6.07, 6.45) is -0.395. The first-order valence-electron chi connectivity index (χ1n) is 8.94. The fraction of sp³-hybridized carbons (Fsp3) is 0.333. The third-order valence-corrected chi connectivity index (χ3v) is 5.65. The summed E-state index contributed by atoms with van der Waals surface area (Å²) in [6, 6.07) is 16.2. The van der Waals surface area contributed by atoms with Crippen LogP contribution in [0, 0.1) is 0 Å². The molecule has 1 amide bonds. The van der Waals surface area contributed by atoms with Crippen LogP contribution < -0.4 is 0 Å². The molecule has 1 fully saturated rings. The van der Waals surface area contributed by atoms with Crippen LogP contribution >= 0.6 is 0 Å². The van der Waals surface area contributed by atoms with E-state index in [4.69, 9.17) is 9.47 Å². The number of carbonyl (C=O) groups is 2. The Bertz CT molecular complexity index is 842. The van der Waals surface area contributed by atoms with Crippen molar-refractivity contribution < 1.29 is 24.2 Å². The monoisotopic (exact) mass is 367 g/mol. The average molecular weight is 367 g/mol. The summed E-state index contributed by atoms with van der Waals surface area (Å²) in [5.41, 5.74) is 3.17. The van der Waals surface area contributed by atoms with Crippen LogP contribution in [0.1, 0.15) is 23.5 Å². The maximum absolute atomic E-state index is 12.6. The maximum Gasteiger partial charge on any atom is 0.410 e. The minimum Gasteiger partial charge on any atom is -0.479 e. The van der Waals surface area contributed by atoms with Gasteiger partial charge in [0.2, 0.25) is 0 Å². The SMILES string of the molecule is CN(C(=O)OCC1c2ccccc2-c2ccccc21)C1(C(=O)O)CCOC1. The molecule has 2 aliphatic rings. The van der Waals surface area contributed by atoms with Gasteiger partial charge in [-0.2, -0.15) is 0 Å². The van der Waals surface area contributed by atoms with E-state index in [1.54, 1.807) is 0 Å². The van der Waals surface area contributed by atoms with Crippen molar-refractivity contribution in [1.29, 1.82) is 0 Å². The molecular weight excluding hydrogens is 346 g/mol. The molecule has 1 saturated heterocycles. The predicted molar refractivity (Wildman–Crippen MR) is 98.6 cm³/mol. The van der Waals surface area contributed by atoms with Crippen molar-refractivity contribution in [2.75, 3.05) is 26.9 Å². The van der Waals surface area contributed by atoms with Crippen LogP contribution in [-0.4, -0.2) is 54.5 Å². The van der Waals surface area contributed by atoms with E-state index in [0.717, 1.165) is 27.2 Å². The number of fused-ring (bicyclic) bond motifs is 3. The fourth-order valence-corrected chi connectivity index (χ4v) is 4.00. The number of ether oxygens (including phenoxy) is 2. The zero-order valence-electron chi connectivity index (χ0n) is 15.1. The van der Waals surface area contributed by atoms with Gasteiger partial charge in [0.05, 0.1) is 6.61 Å². The van der Waals surface area contributed by atoms with Crippen molar-refractivity contribution in [3.05, 3.63) is 59.7 Å². The van der Waals surface area contributed by atoms with Crippen LogP contribution in [0.4, 0.5) is 4.79 Å². The van der Waals surface area contributed by atoms with E-state index in [1.165, 1.54) is 7.05 Å². The first kappa shape index (κ1) is 17.5. The molecular formula is C21H21NO5. The molecule has 6 nitrogen and oxygen atoms in total. The largest absolute Gasteiger partial charge is 0.479 e. The molecule has 6 heteroatoms. The van der Waals surface area contributed by atoms with Gasteiger partial charge < -0.3 is 14.6 Å². The molecule has 1 aliphatic carbocycles. The van der Waals surface area contributed by atoms with Crippen LogP contribution in [0.5, 0.6) is 0 Å². The molecule has 0 saturated carbocycles. The smallest absolute Gasteiger partial charge is 0.410 e. The molecule has 2 aromatic carbocycles. The first-order chi connectivity index (χ1) is 13.0. The summed E-state index contributed by atoms with van der Waals surface area (Å²) in [6.45, 7) is 0.448. The quantitative estimate of drug-likeness (QED) is 0.899. The topological polar surface area (TPSA) is 76.1 Å². The molecule has 0 bridgehead atoms. The Morgan fingerprint density at radius 1 is 1.15 bits per heavy atom. The van der Waals surface area contributed by atoms with Gasteiger partial charge in [-0.25, -0.2) is 9.59 Å². The van der Waals surface area contributed by atoms with Crippen molar-refractivity contribution in [2.45, 2.75) is 17.9 Å². The van der Waals surface area contributed by atoms with Gasteiger partial charge in [-0.3, -0.25) is 4.90 Å². The van der Waals surface area contributed by atoms with Gasteiger partial charge in [0.1, 0.15) is 6.61 Å². The van der Waals surface area contributed by atoms with Gasteiger partial charge in [0, 0.05) is 26.0 Å². The van der Waals surface area contributed by atoms with E-state index < -0.39 is 17.6 Å². The summed E-state index contributed by atoms with van der Waals surface area (Å²) in [7, 11) is 1.46. The second kappa shape index (κ2) is 6.70. The highest BCUT2D eigenvalue weighted by Crippen LogP contribution is 2.44. The number of hydrogen-bond acceptors (Lipinski definition) is 4. The number of carboxylic acid groups (broad SMARTS) is 1. The lowest BCUT2D eigenvalue weighted by Gasteiger charge is -2.32. The van der Waals surface area contributed by atoms with Gasteiger partial charge in [0.15, 0.2) is 5.54 Å². The molecule has 1 N–H and O–H groups in total. The second-order valence-electron chi connectivity index (χ2n) is 7.00. The number of nitrogens with zero attached hydrogens (tertiary/aromatic N) is 1. The van der Waals surface area contributed by atoms with Gasteiger partial charge >= 0.3 is 12.1 Å². The van der Waals surface area contributed by atoms with Crippen molar-refractivity contribution >= 4 is 12.1 Å². The normalized spacial score (nSPS) is 20.8. The molecule has 4 rings (SSSR count). The number of hydrogen-bond donors (Lipinski definition) is 1. The Morgan fingerprint density at radius 3 is 2.26 bits per heavy atom. The van der Waals surface area contributed by atoms with E-state index in [1.807, 2.05) is 36.4 Å². The number of carboxylic acids is 1. The van der Waals surface area contributed by atoms with Crippen LogP contribution in [0.15, 0.2) is 48.5 Å². The molecule has 140 valence electrons. The van der Waals surface area contributed by atoms with Crippen LogP contribution in [0.25, 0.3) is 11.1 Å². The standard InChI is InChI=1S/C21H21NO5/c1-22(21(19(23)24)10-11-26-13-21)20(25)27-12-18-16-8-4-2-6-14(16)15-7-3-5-9-17(15)18/h2-9,18H,10-13H2,1H3,(H,23,24). The summed E-state index contributed by atoms with van der Waals surface area (Å²) >= 11 is 0. The number of likely N-dealkylation sites (N-methyl/N-ethyl adjacent to an activating group) is 1. The molecule has 2 aromatic rings. The molecule has 0 spiro atoms. The minimum atomic E-state index is -1.36. The summed E-state index contributed by atoms with van der Waals surface area (Å²) < 4.78 is 10.8. The molecule has 1 heterocycles.